The Bertz CT molecular complexity index is 93.1. The summed E-state index contributed by atoms with van der Waals surface area (Å²) in [4.78, 5) is 0. The van der Waals surface area contributed by atoms with Crippen molar-refractivity contribution < 1.29 is 17.3 Å². The van der Waals surface area contributed by atoms with Crippen LogP contribution >= 0.6 is 0 Å². The van der Waals surface area contributed by atoms with E-state index in [4.69, 9.17) is 0 Å². The molecular weight excluding hydrogens is 186 g/mol. The maximum absolute atomic E-state index is 9.75. The van der Waals surface area contributed by atoms with Gasteiger partial charge in [-0.2, -0.15) is 0 Å². The van der Waals surface area contributed by atoms with Gasteiger partial charge in [0.15, 0.2) is 0 Å². The van der Waals surface area contributed by atoms with E-state index in [0.29, 0.717) is 0 Å². The van der Waals surface area contributed by atoms with Gasteiger partial charge in [0.1, 0.15) is 0 Å². The molecule has 0 unspecified atom stereocenters. The second kappa shape index (κ2) is 5.96. The molecule has 0 aromatic carbocycles. The van der Waals surface area contributed by atoms with Gasteiger partial charge < -0.3 is 17.3 Å². The fourth-order valence-corrected chi connectivity index (χ4v) is 2.40. The minimum atomic E-state index is -6.00. The third kappa shape index (κ3) is 14.3. The van der Waals surface area contributed by atoms with Crippen LogP contribution < -0.4 is 0 Å². The van der Waals surface area contributed by atoms with E-state index in [1.807, 2.05) is 0 Å². The summed E-state index contributed by atoms with van der Waals surface area (Å²) in [5.41, 5.74) is 0. The predicted molar refractivity (Wildman–Crippen MR) is 38.2 cm³/mol. The molecule has 11 heavy (non-hydrogen) atoms. The molecular formula is C5H9BF4K-. The molecule has 0 atom stereocenters. The van der Waals surface area contributed by atoms with Gasteiger partial charge in [0.25, 0.3) is 0 Å². The molecule has 1 aliphatic rings. The number of hydrogen-bond acceptors (Lipinski definition) is 0. The third-order valence-electron chi connectivity index (χ3n) is 1.64. The van der Waals surface area contributed by atoms with Crippen molar-refractivity contribution in [3.05, 3.63) is 0 Å². The molecule has 1 aliphatic carbocycles. The quantitative estimate of drug-likeness (QED) is 0.411. The summed E-state index contributed by atoms with van der Waals surface area (Å²) in [7, 11) is -6.00. The van der Waals surface area contributed by atoms with Gasteiger partial charge in [-0.1, -0.05) is 0 Å². The molecule has 0 aliphatic heterocycles. The van der Waals surface area contributed by atoms with Crippen LogP contribution in [0.4, 0.5) is 17.3 Å². The van der Waals surface area contributed by atoms with Gasteiger partial charge in [0, 0.05) is 0 Å². The van der Waals surface area contributed by atoms with Crippen molar-refractivity contribution >= 4 is 56.2 Å². The predicted octanol–water partition coefficient (Wildman–Crippen LogP) is 2.82. The summed E-state index contributed by atoms with van der Waals surface area (Å²) in [5, 5.41) is 0. The van der Waals surface area contributed by atoms with Gasteiger partial charge in [-0.15, -0.1) is 0 Å². The van der Waals surface area contributed by atoms with Crippen LogP contribution in [0.25, 0.3) is 0 Å². The third-order valence-corrected chi connectivity index (χ3v) is 3.45. The monoisotopic (exact) mass is 195 g/mol. The molecule has 0 heterocycles. The van der Waals surface area contributed by atoms with Crippen LogP contribution in [-0.4, -0.2) is 56.2 Å². The molecule has 0 bridgehead atoms. The molecule has 62 valence electrons. The molecule has 0 aromatic heterocycles. The molecule has 0 nitrogen and oxygen atoms in total. The molecule has 0 amide bonds. The van der Waals surface area contributed by atoms with E-state index >= 15 is 0 Å². The SMILES string of the molecule is F[B-](F)(F)F.[K][CH]1CCCC1. The average Bonchev–Trinajstić information content (AvgIpc) is 2.12. The van der Waals surface area contributed by atoms with E-state index in [0.717, 1.165) is 49.0 Å². The van der Waals surface area contributed by atoms with Gasteiger partial charge in [-0.05, 0) is 0 Å². The molecule has 0 spiro atoms. The summed E-state index contributed by atoms with van der Waals surface area (Å²) < 4.78 is 40.2. The average molecular weight is 195 g/mol. The number of rotatable bonds is 0. The first-order valence-electron chi connectivity index (χ1n) is 3.77. The standard InChI is InChI=1S/C5H9.BF4.K/c1-2-4-5-3-1;2-1(3,4)5;/h1H,2-5H2;;/q;-1;. The van der Waals surface area contributed by atoms with Crippen LogP contribution in [0.3, 0.4) is 0 Å². The second-order valence-corrected chi connectivity index (χ2v) is 5.43. The maximum atomic E-state index is 9.75. The normalized spacial score (nSPS) is 19.5. The van der Waals surface area contributed by atoms with E-state index in [1.54, 1.807) is 12.8 Å². The van der Waals surface area contributed by atoms with Crippen LogP contribution in [0.5, 0.6) is 0 Å². The van der Waals surface area contributed by atoms with E-state index in [-0.39, 0.29) is 0 Å². The molecule has 1 rings (SSSR count). The Kier molecular flexibility index (Phi) is 6.73. The molecule has 1 saturated carbocycles. The zero-order chi connectivity index (χ0) is 8.91. The Morgan fingerprint density at radius 1 is 1.00 bits per heavy atom. The van der Waals surface area contributed by atoms with Gasteiger partial charge in [-0.3, -0.25) is 0 Å². The van der Waals surface area contributed by atoms with Gasteiger partial charge >= 0.3 is 81.9 Å². The number of hydrogen-bond donors (Lipinski definition) is 0. The van der Waals surface area contributed by atoms with Crippen LogP contribution in [0, 0.1) is 0 Å². The molecule has 1 fully saturated rings. The van der Waals surface area contributed by atoms with Gasteiger partial charge in [-0.25, -0.2) is 0 Å². The molecule has 0 aromatic rings. The zero-order valence-electron chi connectivity index (χ0n) is 6.49. The summed E-state index contributed by atoms with van der Waals surface area (Å²) in [6.45, 7) is 0. The van der Waals surface area contributed by atoms with E-state index in [1.165, 1.54) is 12.9 Å². The van der Waals surface area contributed by atoms with Crippen molar-refractivity contribution in [3.63, 3.8) is 0 Å². The van der Waals surface area contributed by atoms with Crippen LogP contribution in [-0.2, 0) is 0 Å². The van der Waals surface area contributed by atoms with Gasteiger partial charge in [0.05, 0.1) is 0 Å². The Morgan fingerprint density at radius 2 is 1.27 bits per heavy atom. The summed E-state index contributed by atoms with van der Waals surface area (Å²) in [6.07, 6.45) is 6.21. The molecule has 0 saturated heterocycles. The molecule has 0 radical (unpaired) electrons. The van der Waals surface area contributed by atoms with Gasteiger partial charge in [0.2, 0.25) is 0 Å². The minimum absolute atomic E-state index is 1.14. The van der Waals surface area contributed by atoms with Crippen molar-refractivity contribution in [1.82, 2.24) is 0 Å². The van der Waals surface area contributed by atoms with Crippen LogP contribution in [0.1, 0.15) is 25.7 Å². The van der Waals surface area contributed by atoms with E-state index in [9.17, 15) is 17.3 Å². The Labute approximate surface area is 97.8 Å². The van der Waals surface area contributed by atoms with E-state index < -0.39 is 7.25 Å². The summed E-state index contributed by atoms with van der Waals surface area (Å²) in [6, 6.07) is 0. The van der Waals surface area contributed by atoms with Crippen LogP contribution in [0.2, 0.25) is 0.0125 Å². The summed E-state index contributed by atoms with van der Waals surface area (Å²) >= 11 is 1.14. The number of halogens is 4. The Hall–Kier alpha value is 1.42. The second-order valence-electron chi connectivity index (χ2n) is 2.88. The molecule has 6 heteroatoms. The van der Waals surface area contributed by atoms with Crippen molar-refractivity contribution in [2.24, 2.45) is 0 Å². The van der Waals surface area contributed by atoms with E-state index in [2.05, 4.69) is 0 Å². The van der Waals surface area contributed by atoms with Crippen molar-refractivity contribution in [2.75, 3.05) is 0 Å². The topological polar surface area (TPSA) is 0 Å². The zero-order valence-corrected chi connectivity index (χ0v) is 9.62. The first-order chi connectivity index (χ1) is 4.89. The Balaban J connectivity index is 0.000000187. The van der Waals surface area contributed by atoms with Crippen molar-refractivity contribution in [1.29, 1.82) is 0 Å². The summed E-state index contributed by atoms with van der Waals surface area (Å²) in [5.74, 6) is 0. The first-order valence-corrected chi connectivity index (χ1v) is 5.57. The fourth-order valence-electron chi connectivity index (χ4n) is 1.13. The first kappa shape index (κ1) is 12.4. The fraction of sp³-hybridized carbons (Fsp3) is 1.00. The van der Waals surface area contributed by atoms with Crippen molar-refractivity contribution in [3.8, 4) is 0 Å². The molecule has 0 N–H and O–H groups in total. The Morgan fingerprint density at radius 3 is 1.36 bits per heavy atom. The van der Waals surface area contributed by atoms with Crippen LogP contribution in [0.15, 0.2) is 0 Å². The van der Waals surface area contributed by atoms with Crippen molar-refractivity contribution in [2.45, 2.75) is 25.7 Å².